The maximum absolute atomic E-state index is 11.9. The van der Waals surface area contributed by atoms with Crippen LogP contribution in [0.2, 0.25) is 0 Å². The van der Waals surface area contributed by atoms with Crippen LogP contribution in [0.5, 0.6) is 0 Å². The molecule has 0 unspecified atom stereocenters. The SMILES string of the molecule is CCN(CC(=O)NC)C(=O)NCC1(C(=O)O)CCC1. The molecule has 1 aliphatic rings. The van der Waals surface area contributed by atoms with Gasteiger partial charge in [-0.1, -0.05) is 6.42 Å². The van der Waals surface area contributed by atoms with Gasteiger partial charge < -0.3 is 20.6 Å². The van der Waals surface area contributed by atoms with E-state index in [-0.39, 0.29) is 19.0 Å². The van der Waals surface area contributed by atoms with Gasteiger partial charge in [0.25, 0.3) is 0 Å². The molecule has 0 atom stereocenters. The Bertz CT molecular complexity index is 366. The number of aliphatic carboxylic acids is 1. The number of hydrogen-bond donors (Lipinski definition) is 3. The number of likely N-dealkylation sites (N-methyl/N-ethyl adjacent to an activating group) is 2. The van der Waals surface area contributed by atoms with E-state index in [1.54, 1.807) is 6.92 Å². The zero-order chi connectivity index (χ0) is 14.5. The molecule has 0 aromatic rings. The van der Waals surface area contributed by atoms with Gasteiger partial charge in [-0.25, -0.2) is 4.79 Å². The summed E-state index contributed by atoms with van der Waals surface area (Å²) in [6.07, 6.45) is 2.05. The smallest absolute Gasteiger partial charge is 0.317 e. The summed E-state index contributed by atoms with van der Waals surface area (Å²) in [5.74, 6) is -1.12. The highest BCUT2D eigenvalue weighted by molar-refractivity contribution is 5.84. The van der Waals surface area contributed by atoms with Gasteiger partial charge in [0.2, 0.25) is 5.91 Å². The second-order valence-electron chi connectivity index (χ2n) is 4.79. The number of rotatable bonds is 6. The molecule has 7 heteroatoms. The largest absolute Gasteiger partial charge is 0.481 e. The lowest BCUT2D eigenvalue weighted by Crippen LogP contribution is -2.51. The van der Waals surface area contributed by atoms with E-state index in [0.29, 0.717) is 19.4 Å². The number of carboxylic acid groups (broad SMARTS) is 1. The van der Waals surface area contributed by atoms with Crippen molar-refractivity contribution in [2.45, 2.75) is 26.2 Å². The number of urea groups is 1. The van der Waals surface area contributed by atoms with Crippen LogP contribution in [-0.4, -0.2) is 54.6 Å². The average Bonchev–Trinajstić information content (AvgIpc) is 2.33. The van der Waals surface area contributed by atoms with Crippen LogP contribution in [0.3, 0.4) is 0 Å². The molecule has 1 aliphatic carbocycles. The molecule has 0 aromatic carbocycles. The molecule has 0 bridgehead atoms. The Morgan fingerprint density at radius 1 is 1.32 bits per heavy atom. The molecule has 0 aliphatic heterocycles. The summed E-state index contributed by atoms with van der Waals surface area (Å²) < 4.78 is 0. The van der Waals surface area contributed by atoms with E-state index in [0.717, 1.165) is 6.42 Å². The van der Waals surface area contributed by atoms with Crippen molar-refractivity contribution in [3.05, 3.63) is 0 Å². The first kappa shape index (κ1) is 15.3. The maximum Gasteiger partial charge on any atom is 0.317 e. The third-order valence-corrected chi connectivity index (χ3v) is 3.62. The van der Waals surface area contributed by atoms with Crippen molar-refractivity contribution in [1.29, 1.82) is 0 Å². The summed E-state index contributed by atoms with van der Waals surface area (Å²) in [5.41, 5.74) is -0.817. The van der Waals surface area contributed by atoms with Crippen molar-refractivity contribution in [1.82, 2.24) is 15.5 Å². The fourth-order valence-corrected chi connectivity index (χ4v) is 2.01. The fourth-order valence-electron chi connectivity index (χ4n) is 2.01. The second-order valence-corrected chi connectivity index (χ2v) is 4.79. The lowest BCUT2D eigenvalue weighted by atomic mass is 9.69. The average molecular weight is 271 g/mol. The number of nitrogens with one attached hydrogen (secondary N) is 2. The number of carbonyl (C=O) groups is 3. The monoisotopic (exact) mass is 271 g/mol. The van der Waals surface area contributed by atoms with Crippen LogP contribution in [0.25, 0.3) is 0 Å². The lowest BCUT2D eigenvalue weighted by molar-refractivity contribution is -0.153. The van der Waals surface area contributed by atoms with Crippen LogP contribution in [0, 0.1) is 5.41 Å². The molecule has 3 N–H and O–H groups in total. The number of nitrogens with zero attached hydrogens (tertiary/aromatic N) is 1. The van der Waals surface area contributed by atoms with Crippen LogP contribution in [0.4, 0.5) is 4.79 Å². The zero-order valence-electron chi connectivity index (χ0n) is 11.4. The van der Waals surface area contributed by atoms with Gasteiger partial charge in [-0.3, -0.25) is 9.59 Å². The minimum Gasteiger partial charge on any atom is -0.481 e. The third-order valence-electron chi connectivity index (χ3n) is 3.62. The molecule has 19 heavy (non-hydrogen) atoms. The second kappa shape index (κ2) is 6.40. The first-order valence-electron chi connectivity index (χ1n) is 6.42. The number of carbonyl (C=O) groups excluding carboxylic acids is 2. The third kappa shape index (κ3) is 3.59. The zero-order valence-corrected chi connectivity index (χ0v) is 11.4. The molecule has 1 rings (SSSR count). The van der Waals surface area contributed by atoms with E-state index in [4.69, 9.17) is 5.11 Å². The van der Waals surface area contributed by atoms with Gasteiger partial charge in [0.15, 0.2) is 0 Å². The fraction of sp³-hybridized carbons (Fsp3) is 0.750. The number of carboxylic acids is 1. The van der Waals surface area contributed by atoms with E-state index in [2.05, 4.69) is 10.6 Å². The predicted molar refractivity (Wildman–Crippen MR) is 68.6 cm³/mol. The van der Waals surface area contributed by atoms with Crippen LogP contribution < -0.4 is 10.6 Å². The van der Waals surface area contributed by atoms with E-state index in [1.165, 1.54) is 11.9 Å². The highest BCUT2D eigenvalue weighted by Crippen LogP contribution is 2.40. The van der Waals surface area contributed by atoms with Gasteiger partial charge in [0.1, 0.15) is 6.54 Å². The lowest BCUT2D eigenvalue weighted by Gasteiger charge is -2.38. The van der Waals surface area contributed by atoms with Gasteiger partial charge in [-0.15, -0.1) is 0 Å². The first-order valence-corrected chi connectivity index (χ1v) is 6.42. The van der Waals surface area contributed by atoms with Gasteiger partial charge in [-0.05, 0) is 19.8 Å². The van der Waals surface area contributed by atoms with Crippen molar-refractivity contribution < 1.29 is 19.5 Å². The molecular formula is C12H21N3O4. The molecule has 108 valence electrons. The first-order chi connectivity index (χ1) is 8.95. The quantitative estimate of drug-likeness (QED) is 0.634. The van der Waals surface area contributed by atoms with Gasteiger partial charge >= 0.3 is 12.0 Å². The number of hydrogen-bond acceptors (Lipinski definition) is 3. The molecule has 0 saturated heterocycles. The summed E-state index contributed by atoms with van der Waals surface area (Å²) in [5, 5.41) is 14.2. The minimum absolute atomic E-state index is 0.0289. The highest BCUT2D eigenvalue weighted by atomic mass is 16.4. The summed E-state index contributed by atoms with van der Waals surface area (Å²) in [6.45, 7) is 2.24. The van der Waals surface area contributed by atoms with E-state index < -0.39 is 17.4 Å². The van der Waals surface area contributed by atoms with Gasteiger partial charge in [-0.2, -0.15) is 0 Å². The molecule has 1 fully saturated rings. The van der Waals surface area contributed by atoms with Crippen molar-refractivity contribution >= 4 is 17.9 Å². The topological polar surface area (TPSA) is 98.7 Å². The Morgan fingerprint density at radius 3 is 2.32 bits per heavy atom. The molecule has 3 amide bonds. The van der Waals surface area contributed by atoms with Crippen molar-refractivity contribution in [2.75, 3.05) is 26.7 Å². The highest BCUT2D eigenvalue weighted by Gasteiger charge is 2.44. The van der Waals surface area contributed by atoms with Crippen LogP contribution in [0.15, 0.2) is 0 Å². The standard InChI is InChI=1S/C12H21N3O4/c1-3-15(7-9(16)13-2)11(19)14-8-12(10(17)18)5-4-6-12/h3-8H2,1-2H3,(H,13,16)(H,14,19)(H,17,18). The normalized spacial score (nSPS) is 16.1. The molecule has 0 aromatic heterocycles. The van der Waals surface area contributed by atoms with Crippen molar-refractivity contribution in [2.24, 2.45) is 5.41 Å². The Labute approximate surface area is 112 Å². The van der Waals surface area contributed by atoms with E-state index in [1.807, 2.05) is 0 Å². The summed E-state index contributed by atoms with van der Waals surface area (Å²) in [7, 11) is 1.50. The van der Waals surface area contributed by atoms with Crippen LogP contribution in [0.1, 0.15) is 26.2 Å². The molecular weight excluding hydrogens is 250 g/mol. The van der Waals surface area contributed by atoms with Crippen molar-refractivity contribution in [3.63, 3.8) is 0 Å². The molecule has 0 spiro atoms. The van der Waals surface area contributed by atoms with E-state index in [9.17, 15) is 14.4 Å². The van der Waals surface area contributed by atoms with Crippen molar-refractivity contribution in [3.8, 4) is 0 Å². The Balaban J connectivity index is 2.49. The Hall–Kier alpha value is -1.79. The van der Waals surface area contributed by atoms with Gasteiger partial charge in [0, 0.05) is 20.1 Å². The number of amides is 3. The van der Waals surface area contributed by atoms with E-state index >= 15 is 0 Å². The summed E-state index contributed by atoms with van der Waals surface area (Å²) in [6, 6.07) is -0.404. The minimum atomic E-state index is -0.867. The molecule has 1 saturated carbocycles. The predicted octanol–water partition coefficient (Wildman–Crippen LogP) is 0.0188. The molecule has 0 heterocycles. The maximum atomic E-state index is 11.9. The molecule has 0 radical (unpaired) electrons. The Morgan fingerprint density at radius 2 is 1.95 bits per heavy atom. The molecule has 7 nitrogen and oxygen atoms in total. The summed E-state index contributed by atoms with van der Waals surface area (Å²) in [4.78, 5) is 35.6. The van der Waals surface area contributed by atoms with Crippen LogP contribution in [-0.2, 0) is 9.59 Å². The van der Waals surface area contributed by atoms with Gasteiger partial charge in [0.05, 0.1) is 5.41 Å². The van der Waals surface area contributed by atoms with Crippen LogP contribution >= 0.6 is 0 Å². The Kier molecular flexibility index (Phi) is 5.14. The summed E-state index contributed by atoms with van der Waals surface area (Å²) >= 11 is 0.